The summed E-state index contributed by atoms with van der Waals surface area (Å²) in [5.41, 5.74) is 3.15. The molecule has 0 radical (unpaired) electrons. The van der Waals surface area contributed by atoms with Gasteiger partial charge in [0.25, 0.3) is 5.91 Å². The Labute approximate surface area is 152 Å². The summed E-state index contributed by atoms with van der Waals surface area (Å²) in [7, 11) is 0. The molecule has 7 heteroatoms. The molecule has 26 heavy (non-hydrogen) atoms. The molecule has 1 amide bonds. The number of unbranched alkanes of at least 4 members (excludes halogenated alkanes) is 2. The molecule has 1 aromatic heterocycles. The molecule has 2 rings (SSSR count). The number of hydrogen-bond acceptors (Lipinski definition) is 5. The zero-order chi connectivity index (χ0) is 18.9. The summed E-state index contributed by atoms with van der Waals surface area (Å²) >= 11 is 0. The number of aryl methyl sites for hydroxylation is 2. The van der Waals surface area contributed by atoms with Crippen molar-refractivity contribution in [3.8, 4) is 0 Å². The number of hydrogen-bond donors (Lipinski definition) is 3. The maximum Gasteiger partial charge on any atom is 0.303 e. The van der Waals surface area contributed by atoms with E-state index in [0.29, 0.717) is 24.5 Å². The molecule has 1 heterocycles. The quantitative estimate of drug-likeness (QED) is 0.596. The van der Waals surface area contributed by atoms with E-state index < -0.39 is 5.97 Å². The van der Waals surface area contributed by atoms with Crippen molar-refractivity contribution in [3.63, 3.8) is 0 Å². The number of aliphatic carboxylic acids is 1. The van der Waals surface area contributed by atoms with E-state index in [0.717, 1.165) is 29.9 Å². The molecule has 0 saturated heterocycles. The molecule has 0 atom stereocenters. The van der Waals surface area contributed by atoms with Gasteiger partial charge < -0.3 is 15.7 Å². The Morgan fingerprint density at radius 1 is 1.00 bits per heavy atom. The van der Waals surface area contributed by atoms with Crippen molar-refractivity contribution in [2.75, 3.05) is 11.9 Å². The minimum Gasteiger partial charge on any atom is -0.481 e. The number of carbonyl (C=O) groups is 2. The lowest BCUT2D eigenvalue weighted by Gasteiger charge is -2.08. The Balaban J connectivity index is 1.80. The summed E-state index contributed by atoms with van der Waals surface area (Å²) in [5.74, 6) is -0.396. The van der Waals surface area contributed by atoms with E-state index in [4.69, 9.17) is 5.11 Å². The molecule has 0 unspecified atom stereocenters. The Hall–Kier alpha value is -2.96. The second-order valence-electron chi connectivity index (χ2n) is 6.14. The van der Waals surface area contributed by atoms with Crippen LogP contribution in [0.25, 0.3) is 0 Å². The minimum atomic E-state index is -0.783. The number of rotatable bonds is 9. The molecule has 0 aliphatic carbocycles. The Morgan fingerprint density at radius 2 is 1.65 bits per heavy atom. The highest BCUT2D eigenvalue weighted by Crippen LogP contribution is 2.15. The van der Waals surface area contributed by atoms with Crippen LogP contribution in [0.5, 0.6) is 0 Å². The fraction of sp³-hybridized carbons (Fsp3) is 0.368. The Morgan fingerprint density at radius 3 is 2.27 bits per heavy atom. The Kier molecular flexibility index (Phi) is 7.08. The number of anilines is 2. The smallest absolute Gasteiger partial charge is 0.303 e. The van der Waals surface area contributed by atoms with E-state index in [9.17, 15) is 9.59 Å². The van der Waals surface area contributed by atoms with Crippen molar-refractivity contribution >= 4 is 23.5 Å². The third kappa shape index (κ3) is 6.51. The van der Waals surface area contributed by atoms with Crippen LogP contribution in [0.2, 0.25) is 0 Å². The fourth-order valence-corrected chi connectivity index (χ4v) is 2.50. The van der Waals surface area contributed by atoms with Gasteiger partial charge in [-0.3, -0.25) is 9.59 Å². The van der Waals surface area contributed by atoms with Crippen molar-refractivity contribution in [1.29, 1.82) is 0 Å². The molecule has 0 aliphatic rings. The lowest BCUT2D eigenvalue weighted by molar-refractivity contribution is -0.137. The summed E-state index contributed by atoms with van der Waals surface area (Å²) in [4.78, 5) is 31.2. The Bertz CT molecular complexity index is 740. The number of carboxylic acid groups (broad SMARTS) is 1. The number of aromatic nitrogens is 2. The zero-order valence-electron chi connectivity index (χ0n) is 15.1. The molecule has 138 valence electrons. The summed E-state index contributed by atoms with van der Waals surface area (Å²) in [5, 5.41) is 14.5. The van der Waals surface area contributed by atoms with Crippen LogP contribution in [0, 0.1) is 13.8 Å². The van der Waals surface area contributed by atoms with E-state index in [1.807, 2.05) is 32.0 Å². The van der Waals surface area contributed by atoms with Gasteiger partial charge in [-0.2, -0.15) is 0 Å². The van der Waals surface area contributed by atoms with E-state index in [-0.39, 0.29) is 12.3 Å². The third-order valence-electron chi connectivity index (χ3n) is 3.74. The van der Waals surface area contributed by atoms with Gasteiger partial charge >= 0.3 is 5.97 Å². The predicted molar refractivity (Wildman–Crippen MR) is 99.7 cm³/mol. The first kappa shape index (κ1) is 19.4. The van der Waals surface area contributed by atoms with Gasteiger partial charge in [0.2, 0.25) is 5.95 Å². The van der Waals surface area contributed by atoms with Crippen LogP contribution in [0.3, 0.4) is 0 Å². The van der Waals surface area contributed by atoms with Crippen LogP contribution < -0.4 is 10.6 Å². The highest BCUT2D eigenvalue weighted by atomic mass is 16.4. The van der Waals surface area contributed by atoms with E-state index in [2.05, 4.69) is 20.6 Å². The number of carbonyl (C=O) groups excluding carboxylic acids is 1. The SMILES string of the molecule is Cc1cc(C)nc(Nc2ccc(C(=O)NCCCCCC(=O)O)cc2)n1. The number of carboxylic acids is 1. The largest absolute Gasteiger partial charge is 0.481 e. The van der Waals surface area contributed by atoms with Gasteiger partial charge in [0.1, 0.15) is 0 Å². The summed E-state index contributed by atoms with van der Waals surface area (Å²) in [6.45, 7) is 4.36. The number of amides is 1. The zero-order valence-corrected chi connectivity index (χ0v) is 15.1. The lowest BCUT2D eigenvalue weighted by atomic mass is 10.1. The predicted octanol–water partition coefficient (Wildman–Crippen LogP) is 3.21. The van der Waals surface area contributed by atoms with E-state index >= 15 is 0 Å². The molecule has 0 bridgehead atoms. The number of benzene rings is 1. The van der Waals surface area contributed by atoms with Crippen LogP contribution in [-0.2, 0) is 4.79 Å². The van der Waals surface area contributed by atoms with Gasteiger partial charge in [-0.25, -0.2) is 9.97 Å². The molecule has 0 fully saturated rings. The molecule has 0 spiro atoms. The van der Waals surface area contributed by atoms with E-state index in [1.165, 1.54) is 0 Å². The molecular formula is C19H24N4O3. The van der Waals surface area contributed by atoms with Crippen molar-refractivity contribution in [3.05, 3.63) is 47.3 Å². The molecule has 7 nitrogen and oxygen atoms in total. The highest BCUT2D eigenvalue weighted by molar-refractivity contribution is 5.94. The first-order valence-electron chi connectivity index (χ1n) is 8.63. The van der Waals surface area contributed by atoms with Crippen LogP contribution in [0.15, 0.2) is 30.3 Å². The fourth-order valence-electron chi connectivity index (χ4n) is 2.50. The topological polar surface area (TPSA) is 104 Å². The summed E-state index contributed by atoms with van der Waals surface area (Å²) in [6, 6.07) is 9.00. The second-order valence-corrected chi connectivity index (χ2v) is 6.14. The molecule has 0 saturated carbocycles. The summed E-state index contributed by atoms with van der Waals surface area (Å²) < 4.78 is 0. The first-order chi connectivity index (χ1) is 12.4. The van der Waals surface area contributed by atoms with Gasteiger partial charge in [-0.15, -0.1) is 0 Å². The number of nitrogens with one attached hydrogen (secondary N) is 2. The monoisotopic (exact) mass is 356 g/mol. The van der Waals surface area contributed by atoms with Crippen molar-refractivity contribution in [2.24, 2.45) is 0 Å². The van der Waals surface area contributed by atoms with Gasteiger partial charge in [-0.1, -0.05) is 6.42 Å². The molecular weight excluding hydrogens is 332 g/mol. The average Bonchev–Trinajstić information content (AvgIpc) is 2.57. The van der Waals surface area contributed by atoms with E-state index in [1.54, 1.807) is 12.1 Å². The third-order valence-corrected chi connectivity index (χ3v) is 3.74. The van der Waals surface area contributed by atoms with Crippen LogP contribution in [-0.4, -0.2) is 33.5 Å². The average molecular weight is 356 g/mol. The maximum atomic E-state index is 12.1. The van der Waals surface area contributed by atoms with Crippen molar-refractivity contribution in [2.45, 2.75) is 39.5 Å². The van der Waals surface area contributed by atoms with Gasteiger partial charge in [0.15, 0.2) is 0 Å². The standard InChI is InChI=1S/C19H24N4O3/c1-13-12-14(2)22-19(21-13)23-16-9-7-15(8-10-16)18(26)20-11-5-3-4-6-17(24)25/h7-10,12H,3-6,11H2,1-2H3,(H,20,26)(H,24,25)(H,21,22,23). The van der Waals surface area contributed by atoms with Gasteiger partial charge in [0.05, 0.1) is 0 Å². The molecule has 1 aromatic carbocycles. The first-order valence-corrected chi connectivity index (χ1v) is 8.63. The normalized spacial score (nSPS) is 10.4. The molecule has 2 aromatic rings. The number of nitrogens with zero attached hydrogens (tertiary/aromatic N) is 2. The van der Waals surface area contributed by atoms with Crippen molar-refractivity contribution < 1.29 is 14.7 Å². The van der Waals surface area contributed by atoms with Gasteiger partial charge in [0, 0.05) is 35.6 Å². The molecule has 0 aliphatic heterocycles. The highest BCUT2D eigenvalue weighted by Gasteiger charge is 2.06. The molecule has 3 N–H and O–H groups in total. The van der Waals surface area contributed by atoms with Gasteiger partial charge in [-0.05, 0) is 57.0 Å². The van der Waals surface area contributed by atoms with Crippen LogP contribution in [0.1, 0.15) is 47.4 Å². The lowest BCUT2D eigenvalue weighted by Crippen LogP contribution is -2.24. The minimum absolute atomic E-state index is 0.141. The van der Waals surface area contributed by atoms with Crippen molar-refractivity contribution in [1.82, 2.24) is 15.3 Å². The van der Waals surface area contributed by atoms with Crippen LogP contribution in [0.4, 0.5) is 11.6 Å². The maximum absolute atomic E-state index is 12.1. The second kappa shape index (κ2) is 9.50. The van der Waals surface area contributed by atoms with Crippen LogP contribution >= 0.6 is 0 Å². The summed E-state index contributed by atoms with van der Waals surface area (Å²) in [6.07, 6.45) is 2.35.